The number of carbonyl (C=O) groups excluding carboxylic acids is 3. The second-order valence-electron chi connectivity index (χ2n) is 4.67. The lowest BCUT2D eigenvalue weighted by molar-refractivity contribution is -0.206. The van der Waals surface area contributed by atoms with E-state index in [4.69, 9.17) is 24.5 Å². The van der Waals surface area contributed by atoms with E-state index in [1.54, 1.807) is 0 Å². The maximum Gasteiger partial charge on any atom is 0.303 e. The van der Waals surface area contributed by atoms with Gasteiger partial charge in [-0.15, -0.1) is 0 Å². The molecule has 0 amide bonds. The van der Waals surface area contributed by atoms with Crippen molar-refractivity contribution in [3.8, 4) is 0 Å². The van der Waals surface area contributed by atoms with E-state index in [0.29, 0.717) is 0 Å². The van der Waals surface area contributed by atoms with Crippen molar-refractivity contribution >= 4 is 40.5 Å². The van der Waals surface area contributed by atoms with Gasteiger partial charge in [-0.25, -0.2) is 0 Å². The number of ether oxygens (including phenoxy) is 4. The van der Waals surface area contributed by atoms with Crippen LogP contribution in [0.3, 0.4) is 0 Å². The number of esters is 3. The van der Waals surface area contributed by atoms with Crippen LogP contribution in [0.5, 0.6) is 0 Å². The predicted molar refractivity (Wildman–Crippen MR) is 83.4 cm³/mol. The molecule has 0 aromatic heterocycles. The number of halogens is 1. The van der Waals surface area contributed by atoms with Gasteiger partial charge in [0.15, 0.2) is 12.2 Å². The zero-order chi connectivity index (χ0) is 17.6. The molecule has 23 heavy (non-hydrogen) atoms. The molecule has 0 bridgehead atoms. The molecule has 1 rings (SSSR count). The summed E-state index contributed by atoms with van der Waals surface area (Å²) in [6.45, 7) is 3.37. The highest BCUT2D eigenvalue weighted by Gasteiger charge is 2.49. The van der Waals surface area contributed by atoms with Crippen molar-refractivity contribution in [2.45, 2.75) is 49.2 Å². The van der Waals surface area contributed by atoms with E-state index in [1.165, 1.54) is 20.8 Å². The van der Waals surface area contributed by atoms with Crippen molar-refractivity contribution in [3.05, 3.63) is 10.4 Å². The molecule has 0 N–H and O–H groups in total. The number of carbonyl (C=O) groups is 3. The highest BCUT2D eigenvalue weighted by Crippen LogP contribution is 2.31. The minimum Gasteiger partial charge on any atom is -0.463 e. The van der Waals surface area contributed by atoms with Crippen LogP contribution in [-0.4, -0.2) is 53.0 Å². The van der Waals surface area contributed by atoms with Crippen LogP contribution in [0.2, 0.25) is 0 Å². The van der Waals surface area contributed by atoms with Gasteiger partial charge in [0.2, 0.25) is 0 Å². The molecule has 1 aliphatic heterocycles. The average molecular weight is 441 g/mol. The number of hydrogen-bond acceptors (Lipinski definition) is 8. The molecular formula is C12H16IN3O7. The first-order chi connectivity index (χ1) is 10.8. The molecule has 5 atom stereocenters. The van der Waals surface area contributed by atoms with E-state index >= 15 is 0 Å². The zero-order valence-corrected chi connectivity index (χ0v) is 14.8. The third kappa shape index (κ3) is 5.84. The van der Waals surface area contributed by atoms with Gasteiger partial charge < -0.3 is 18.9 Å². The number of nitrogens with zero attached hydrogens (tertiary/aromatic N) is 3. The molecule has 11 heteroatoms. The molecule has 0 radical (unpaired) electrons. The number of alkyl halides is 1. The molecule has 0 aliphatic carbocycles. The van der Waals surface area contributed by atoms with Gasteiger partial charge in [-0.3, -0.25) is 14.4 Å². The zero-order valence-electron chi connectivity index (χ0n) is 12.7. The van der Waals surface area contributed by atoms with Crippen LogP contribution in [-0.2, 0) is 33.3 Å². The second kappa shape index (κ2) is 8.89. The van der Waals surface area contributed by atoms with E-state index < -0.39 is 46.4 Å². The Balaban J connectivity index is 3.11. The Morgan fingerprint density at radius 3 is 2.17 bits per heavy atom. The first-order valence-electron chi connectivity index (χ1n) is 6.57. The molecule has 1 fully saturated rings. The van der Waals surface area contributed by atoms with E-state index in [9.17, 15) is 14.4 Å². The highest BCUT2D eigenvalue weighted by molar-refractivity contribution is 14.1. The van der Waals surface area contributed by atoms with Gasteiger partial charge >= 0.3 is 17.9 Å². The fourth-order valence-corrected chi connectivity index (χ4v) is 2.98. The van der Waals surface area contributed by atoms with Crippen molar-refractivity contribution in [2.24, 2.45) is 5.11 Å². The van der Waals surface area contributed by atoms with Crippen LogP contribution in [0.15, 0.2) is 5.11 Å². The minimum absolute atomic E-state index is 0.201. The van der Waals surface area contributed by atoms with Crippen LogP contribution in [0, 0.1) is 0 Å². The number of azide groups is 1. The van der Waals surface area contributed by atoms with E-state index in [-0.39, 0.29) is 6.61 Å². The van der Waals surface area contributed by atoms with Crippen LogP contribution in [0.1, 0.15) is 20.8 Å². The van der Waals surface area contributed by atoms with Crippen LogP contribution < -0.4 is 0 Å². The van der Waals surface area contributed by atoms with Gasteiger partial charge in [0, 0.05) is 25.7 Å². The van der Waals surface area contributed by atoms with Crippen LogP contribution in [0.25, 0.3) is 10.4 Å². The van der Waals surface area contributed by atoms with E-state index in [2.05, 4.69) is 10.0 Å². The number of rotatable bonds is 5. The van der Waals surface area contributed by atoms with Gasteiger partial charge in [-0.2, -0.15) is 0 Å². The van der Waals surface area contributed by atoms with Gasteiger partial charge in [0.25, 0.3) is 0 Å². The van der Waals surface area contributed by atoms with Crippen molar-refractivity contribution in [2.75, 3.05) is 6.61 Å². The standard InChI is InChI=1S/C12H16IN3O7/c1-5(17)20-4-8-10(21-6(2)18)11(22-7(3)19)9(15-16-14)12(13)23-8/h8-12H,4H2,1-3H3/t8-,9-,10-,11-,12+/m1/s1. The van der Waals surface area contributed by atoms with Crippen molar-refractivity contribution < 1.29 is 33.3 Å². The Kier molecular flexibility index (Phi) is 7.52. The smallest absolute Gasteiger partial charge is 0.303 e. The van der Waals surface area contributed by atoms with Crippen LogP contribution in [0.4, 0.5) is 0 Å². The minimum atomic E-state index is -1.07. The molecule has 0 aromatic carbocycles. The summed E-state index contributed by atoms with van der Waals surface area (Å²) in [6.07, 6.45) is -2.99. The van der Waals surface area contributed by atoms with E-state index in [0.717, 1.165) is 0 Å². The van der Waals surface area contributed by atoms with Crippen molar-refractivity contribution in [3.63, 3.8) is 0 Å². The highest BCUT2D eigenvalue weighted by atomic mass is 127. The molecule has 1 saturated heterocycles. The first-order valence-corrected chi connectivity index (χ1v) is 7.82. The van der Waals surface area contributed by atoms with Gasteiger partial charge in [0.1, 0.15) is 22.9 Å². The molecule has 0 saturated carbocycles. The molecule has 1 heterocycles. The molecule has 0 spiro atoms. The Labute approximate surface area is 145 Å². The van der Waals surface area contributed by atoms with Gasteiger partial charge in [-0.05, 0) is 5.53 Å². The Morgan fingerprint density at radius 2 is 1.70 bits per heavy atom. The summed E-state index contributed by atoms with van der Waals surface area (Å²) < 4.78 is 20.2. The lowest BCUT2D eigenvalue weighted by Gasteiger charge is -2.41. The molecule has 0 aromatic rings. The van der Waals surface area contributed by atoms with Crippen molar-refractivity contribution in [1.29, 1.82) is 0 Å². The summed E-state index contributed by atoms with van der Waals surface area (Å²) in [4.78, 5) is 36.4. The summed E-state index contributed by atoms with van der Waals surface area (Å²) in [7, 11) is 0. The number of hydrogen-bond donors (Lipinski definition) is 0. The monoisotopic (exact) mass is 441 g/mol. The average Bonchev–Trinajstić information content (AvgIpc) is 2.42. The van der Waals surface area contributed by atoms with Gasteiger partial charge in [-0.1, -0.05) is 27.7 Å². The maximum atomic E-state index is 11.3. The Hall–Kier alpha value is -1.59. The lowest BCUT2D eigenvalue weighted by Crippen LogP contribution is -2.59. The molecular weight excluding hydrogens is 425 g/mol. The fraction of sp³-hybridized carbons (Fsp3) is 0.750. The molecule has 1 aliphatic rings. The summed E-state index contributed by atoms with van der Waals surface area (Å²) in [5.41, 5.74) is 8.68. The fourth-order valence-electron chi connectivity index (χ4n) is 2.05. The van der Waals surface area contributed by atoms with Gasteiger partial charge in [0.05, 0.1) is 0 Å². The molecule has 10 nitrogen and oxygen atoms in total. The normalized spacial score (nSPS) is 29.8. The van der Waals surface area contributed by atoms with E-state index in [1.807, 2.05) is 22.6 Å². The lowest BCUT2D eigenvalue weighted by atomic mass is 9.98. The summed E-state index contributed by atoms with van der Waals surface area (Å²) in [6, 6.07) is -0.901. The topological polar surface area (TPSA) is 137 Å². The quantitative estimate of drug-likeness (QED) is 0.119. The Morgan fingerprint density at radius 1 is 1.13 bits per heavy atom. The third-order valence-electron chi connectivity index (χ3n) is 2.84. The largest absolute Gasteiger partial charge is 0.463 e. The SMILES string of the molecule is CC(=O)OC[C@H]1O[C@H](I)[C@H](N=[N+]=[N-])[C@@H](OC(C)=O)[C@@H]1OC(C)=O. The van der Waals surface area contributed by atoms with Crippen LogP contribution >= 0.6 is 22.6 Å². The third-order valence-corrected chi connectivity index (χ3v) is 3.87. The molecule has 128 valence electrons. The summed E-state index contributed by atoms with van der Waals surface area (Å²) in [5, 5.41) is 3.56. The predicted octanol–water partition coefficient (Wildman–Crippen LogP) is 1.25. The Bertz CT molecular complexity index is 523. The first kappa shape index (κ1) is 19.5. The summed E-state index contributed by atoms with van der Waals surface area (Å²) in [5.74, 6) is -1.82. The van der Waals surface area contributed by atoms with Crippen molar-refractivity contribution in [1.82, 2.24) is 0 Å². The summed E-state index contributed by atoms with van der Waals surface area (Å²) >= 11 is 1.86. The molecule has 0 unspecified atom stereocenters. The maximum absolute atomic E-state index is 11.3. The second-order valence-corrected chi connectivity index (χ2v) is 5.90.